The first-order valence-electron chi connectivity index (χ1n) is 9.40. The molecule has 0 aromatic carbocycles. The number of amides is 1. The molecule has 0 saturated carbocycles. The Morgan fingerprint density at radius 1 is 1.09 bits per heavy atom. The summed E-state index contributed by atoms with van der Waals surface area (Å²) >= 11 is 6.19. The number of nitrogens with one attached hydrogen (secondary N) is 1. The van der Waals surface area contributed by atoms with Gasteiger partial charge in [-0.15, -0.1) is 4.80 Å². The molecule has 0 aliphatic heterocycles. The molecule has 4 rings (SSSR count). The number of hydrogen-bond acceptors (Lipinski definition) is 7. The molecule has 0 aliphatic carbocycles. The minimum Gasteiger partial charge on any atom is -0.381 e. The van der Waals surface area contributed by atoms with E-state index < -0.39 is 35.0 Å². The number of nitrogen functional groups attached to an aromatic ring is 1. The lowest BCUT2D eigenvalue weighted by Crippen LogP contribution is -2.22. The van der Waals surface area contributed by atoms with Gasteiger partial charge in [-0.3, -0.25) is 4.79 Å². The molecular weight excluding hydrogens is 482 g/mol. The van der Waals surface area contributed by atoms with Gasteiger partial charge in [-0.25, -0.2) is 19.0 Å². The molecular formula is C19H14ClF4N9O. The van der Waals surface area contributed by atoms with E-state index in [1.165, 1.54) is 32.3 Å². The minimum absolute atomic E-state index is 0.0295. The normalized spacial score (nSPS) is 11.6. The second kappa shape index (κ2) is 8.37. The fraction of sp³-hybridized carbons (Fsp3) is 0.158. The molecule has 15 heteroatoms. The van der Waals surface area contributed by atoms with E-state index in [2.05, 4.69) is 30.6 Å². The number of aryl methyl sites for hydroxylation is 2. The zero-order valence-corrected chi connectivity index (χ0v) is 18.1. The van der Waals surface area contributed by atoms with Crippen molar-refractivity contribution in [1.29, 1.82) is 0 Å². The number of halogens is 5. The number of carbonyl (C=O) groups is 1. The molecule has 176 valence electrons. The Balaban J connectivity index is 1.74. The van der Waals surface area contributed by atoms with E-state index in [9.17, 15) is 22.4 Å². The maximum Gasteiger partial charge on any atom is 0.434 e. The van der Waals surface area contributed by atoms with E-state index in [1.807, 2.05) is 0 Å². The number of nitrogens with two attached hydrogens (primary N) is 1. The largest absolute Gasteiger partial charge is 0.434 e. The van der Waals surface area contributed by atoms with E-state index in [-0.39, 0.29) is 33.6 Å². The van der Waals surface area contributed by atoms with Crippen molar-refractivity contribution in [2.45, 2.75) is 20.0 Å². The number of alkyl halides is 3. The quantitative estimate of drug-likeness (QED) is 0.414. The smallest absolute Gasteiger partial charge is 0.381 e. The van der Waals surface area contributed by atoms with Crippen LogP contribution >= 0.6 is 11.6 Å². The number of anilines is 2. The summed E-state index contributed by atoms with van der Waals surface area (Å²) in [6.07, 6.45) is -1.47. The van der Waals surface area contributed by atoms with Gasteiger partial charge in [0.25, 0.3) is 5.91 Å². The average Bonchev–Trinajstić information content (AvgIpc) is 3.43. The predicted octanol–water partition coefficient (Wildman–Crippen LogP) is 3.51. The lowest BCUT2D eigenvalue weighted by Gasteiger charge is -2.15. The van der Waals surface area contributed by atoms with Gasteiger partial charge in [-0.2, -0.15) is 28.5 Å². The standard InChI is InChI=1S/C19H14ClF4N9O/c1-8-5-12(21)15(25)31-16(8)32-14(19(22,23)24)10(7-28-32)18(34)30-13-6-11(20)17(29-9(13)2)33-26-3-4-27-33/h3-7H,1-2H3,(H2,25,31)(H,30,34). The van der Waals surface area contributed by atoms with Gasteiger partial charge < -0.3 is 11.1 Å². The van der Waals surface area contributed by atoms with Crippen molar-refractivity contribution in [2.75, 3.05) is 11.1 Å². The number of pyridine rings is 2. The highest BCUT2D eigenvalue weighted by molar-refractivity contribution is 6.32. The summed E-state index contributed by atoms with van der Waals surface area (Å²) in [5.74, 6) is -2.84. The van der Waals surface area contributed by atoms with Crippen molar-refractivity contribution in [3.63, 3.8) is 0 Å². The molecule has 0 unspecified atom stereocenters. The van der Waals surface area contributed by atoms with Crippen molar-refractivity contribution >= 4 is 29.0 Å². The van der Waals surface area contributed by atoms with E-state index in [0.717, 1.165) is 17.1 Å². The summed E-state index contributed by atoms with van der Waals surface area (Å²) in [6.45, 7) is 2.85. The molecule has 4 heterocycles. The van der Waals surface area contributed by atoms with Crippen LogP contribution in [0.3, 0.4) is 0 Å². The Morgan fingerprint density at radius 2 is 1.76 bits per heavy atom. The first-order valence-corrected chi connectivity index (χ1v) is 9.78. The summed E-state index contributed by atoms with van der Waals surface area (Å²) in [5, 5.41) is 13.9. The Hall–Kier alpha value is -4.07. The minimum atomic E-state index is -5.01. The Labute approximate surface area is 193 Å². The number of rotatable bonds is 4. The van der Waals surface area contributed by atoms with Crippen LogP contribution in [0.4, 0.5) is 29.1 Å². The van der Waals surface area contributed by atoms with E-state index in [4.69, 9.17) is 17.3 Å². The third-order valence-electron chi connectivity index (χ3n) is 4.65. The van der Waals surface area contributed by atoms with Crippen LogP contribution in [-0.4, -0.2) is 40.6 Å². The maximum atomic E-state index is 14.0. The van der Waals surface area contributed by atoms with Crippen molar-refractivity contribution in [2.24, 2.45) is 0 Å². The van der Waals surface area contributed by atoms with E-state index in [1.54, 1.807) is 0 Å². The van der Waals surface area contributed by atoms with E-state index in [0.29, 0.717) is 4.68 Å². The second-order valence-electron chi connectivity index (χ2n) is 7.01. The van der Waals surface area contributed by atoms with Crippen molar-refractivity contribution in [1.82, 2.24) is 34.7 Å². The molecule has 4 aromatic rings. The SMILES string of the molecule is Cc1cc(F)c(N)nc1-n1ncc(C(=O)Nc2cc(Cl)c(-n3nccn3)nc2C)c1C(F)(F)F. The van der Waals surface area contributed by atoms with Gasteiger partial charge in [0.2, 0.25) is 0 Å². The van der Waals surface area contributed by atoms with Gasteiger partial charge in [0.15, 0.2) is 29.0 Å². The average molecular weight is 496 g/mol. The Kier molecular flexibility index (Phi) is 5.69. The van der Waals surface area contributed by atoms with Crippen molar-refractivity contribution in [3.05, 3.63) is 64.1 Å². The van der Waals surface area contributed by atoms with Crippen LogP contribution in [0.2, 0.25) is 5.02 Å². The predicted molar refractivity (Wildman–Crippen MR) is 112 cm³/mol. The summed E-state index contributed by atoms with van der Waals surface area (Å²) < 4.78 is 55.9. The topological polar surface area (TPSA) is 129 Å². The number of nitrogens with zero attached hydrogens (tertiary/aromatic N) is 7. The molecule has 10 nitrogen and oxygen atoms in total. The van der Waals surface area contributed by atoms with Gasteiger partial charge in [0.1, 0.15) is 0 Å². The fourth-order valence-corrected chi connectivity index (χ4v) is 3.32. The molecule has 1 amide bonds. The monoisotopic (exact) mass is 495 g/mol. The van der Waals surface area contributed by atoms with Crippen molar-refractivity contribution in [3.8, 4) is 11.6 Å². The first kappa shape index (κ1) is 23.1. The first-order chi connectivity index (χ1) is 16.0. The van der Waals surface area contributed by atoms with Gasteiger partial charge in [0, 0.05) is 0 Å². The lowest BCUT2D eigenvalue weighted by atomic mass is 10.2. The zero-order chi connectivity index (χ0) is 24.8. The highest BCUT2D eigenvalue weighted by atomic mass is 35.5. The molecule has 4 aromatic heterocycles. The Bertz CT molecular complexity index is 1400. The van der Waals surface area contributed by atoms with Gasteiger partial charge in [-0.1, -0.05) is 11.6 Å². The highest BCUT2D eigenvalue weighted by Gasteiger charge is 2.41. The summed E-state index contributed by atoms with van der Waals surface area (Å²) in [7, 11) is 0. The highest BCUT2D eigenvalue weighted by Crippen LogP contribution is 2.35. The van der Waals surface area contributed by atoms with Crippen LogP contribution in [0.5, 0.6) is 0 Å². The Morgan fingerprint density at radius 3 is 2.41 bits per heavy atom. The van der Waals surface area contributed by atoms with Crippen molar-refractivity contribution < 1.29 is 22.4 Å². The summed E-state index contributed by atoms with van der Waals surface area (Å²) in [6, 6.07) is 2.23. The molecule has 3 N–H and O–H groups in total. The maximum absolute atomic E-state index is 14.0. The van der Waals surface area contributed by atoms with Crippen LogP contribution in [0.1, 0.15) is 27.3 Å². The van der Waals surface area contributed by atoms with Gasteiger partial charge in [-0.05, 0) is 31.5 Å². The molecule has 0 aliphatic rings. The number of carbonyl (C=O) groups excluding carboxylic acids is 1. The number of aromatic nitrogens is 7. The third kappa shape index (κ3) is 4.14. The van der Waals surface area contributed by atoms with E-state index >= 15 is 0 Å². The molecule has 34 heavy (non-hydrogen) atoms. The molecule has 0 fully saturated rings. The van der Waals surface area contributed by atoms with Crippen LogP contribution < -0.4 is 11.1 Å². The van der Waals surface area contributed by atoms with Gasteiger partial charge >= 0.3 is 6.18 Å². The summed E-state index contributed by atoms with van der Waals surface area (Å²) in [5.41, 5.74) is 3.53. The fourth-order valence-electron chi connectivity index (χ4n) is 3.10. The molecule has 0 bridgehead atoms. The van der Waals surface area contributed by atoms with Gasteiger partial charge in [0.05, 0.1) is 40.6 Å². The van der Waals surface area contributed by atoms with Crippen LogP contribution in [0, 0.1) is 19.7 Å². The number of hydrogen-bond donors (Lipinski definition) is 2. The van der Waals surface area contributed by atoms with Crippen LogP contribution in [-0.2, 0) is 6.18 Å². The second-order valence-corrected chi connectivity index (χ2v) is 7.42. The zero-order valence-electron chi connectivity index (χ0n) is 17.4. The van der Waals surface area contributed by atoms with Crippen LogP contribution in [0.15, 0.2) is 30.7 Å². The van der Waals surface area contributed by atoms with Crippen LogP contribution in [0.25, 0.3) is 11.6 Å². The third-order valence-corrected chi connectivity index (χ3v) is 4.93. The lowest BCUT2D eigenvalue weighted by molar-refractivity contribution is -0.143. The molecule has 0 radical (unpaired) electrons. The molecule has 0 spiro atoms. The molecule has 0 atom stereocenters. The summed E-state index contributed by atoms with van der Waals surface area (Å²) in [4.78, 5) is 21.9. The molecule has 0 saturated heterocycles.